The molecule has 3 heterocycles. The SMILES string of the molecule is CC1(C)COCCN1c1ccn2nccc2n1. The molecule has 0 aromatic carbocycles. The van der Waals surface area contributed by atoms with Crippen molar-refractivity contribution in [3.05, 3.63) is 24.5 Å². The minimum absolute atomic E-state index is 0.0103. The van der Waals surface area contributed by atoms with Crippen molar-refractivity contribution in [3.63, 3.8) is 0 Å². The average Bonchev–Trinajstić information content (AvgIpc) is 2.75. The number of ether oxygens (including phenoxy) is 1. The lowest BCUT2D eigenvalue weighted by Gasteiger charge is -2.42. The average molecular weight is 232 g/mol. The highest BCUT2D eigenvalue weighted by Gasteiger charge is 2.31. The number of hydrogen-bond acceptors (Lipinski definition) is 4. The summed E-state index contributed by atoms with van der Waals surface area (Å²) < 4.78 is 7.30. The molecule has 0 N–H and O–H groups in total. The van der Waals surface area contributed by atoms with E-state index in [1.54, 1.807) is 10.7 Å². The third kappa shape index (κ3) is 1.76. The highest BCUT2D eigenvalue weighted by Crippen LogP contribution is 2.25. The Morgan fingerprint density at radius 2 is 2.24 bits per heavy atom. The Morgan fingerprint density at radius 3 is 3.06 bits per heavy atom. The van der Waals surface area contributed by atoms with Crippen molar-refractivity contribution in [2.75, 3.05) is 24.7 Å². The summed E-state index contributed by atoms with van der Waals surface area (Å²) in [6, 6.07) is 3.92. The van der Waals surface area contributed by atoms with Crippen LogP contribution in [0, 0.1) is 0 Å². The molecule has 1 aliphatic heterocycles. The van der Waals surface area contributed by atoms with Crippen LogP contribution in [-0.4, -0.2) is 39.9 Å². The van der Waals surface area contributed by atoms with E-state index in [-0.39, 0.29) is 5.54 Å². The number of nitrogens with zero attached hydrogens (tertiary/aromatic N) is 4. The first kappa shape index (κ1) is 10.5. The zero-order chi connectivity index (χ0) is 11.9. The summed E-state index contributed by atoms with van der Waals surface area (Å²) in [5.41, 5.74) is 0.869. The van der Waals surface area contributed by atoms with E-state index in [9.17, 15) is 0 Å². The maximum atomic E-state index is 5.52. The number of aromatic nitrogens is 3. The minimum Gasteiger partial charge on any atom is -0.377 e. The zero-order valence-electron chi connectivity index (χ0n) is 10.1. The topological polar surface area (TPSA) is 42.7 Å². The molecule has 0 saturated carbocycles. The molecule has 0 bridgehead atoms. The molecule has 90 valence electrons. The van der Waals surface area contributed by atoms with Gasteiger partial charge in [0.05, 0.1) is 24.9 Å². The Balaban J connectivity index is 2.01. The Morgan fingerprint density at radius 1 is 1.35 bits per heavy atom. The van der Waals surface area contributed by atoms with Gasteiger partial charge in [0, 0.05) is 18.8 Å². The van der Waals surface area contributed by atoms with Crippen molar-refractivity contribution >= 4 is 11.5 Å². The van der Waals surface area contributed by atoms with Crippen LogP contribution in [-0.2, 0) is 4.74 Å². The minimum atomic E-state index is -0.0103. The van der Waals surface area contributed by atoms with E-state index in [0.29, 0.717) is 0 Å². The third-order valence-electron chi connectivity index (χ3n) is 3.17. The van der Waals surface area contributed by atoms with Crippen LogP contribution >= 0.6 is 0 Å². The second-order valence-corrected chi connectivity index (χ2v) is 4.94. The van der Waals surface area contributed by atoms with Crippen LogP contribution in [0.2, 0.25) is 0 Å². The van der Waals surface area contributed by atoms with Crippen LogP contribution in [0.3, 0.4) is 0 Å². The second-order valence-electron chi connectivity index (χ2n) is 4.94. The summed E-state index contributed by atoms with van der Waals surface area (Å²) in [7, 11) is 0. The molecule has 0 atom stereocenters. The highest BCUT2D eigenvalue weighted by atomic mass is 16.5. The van der Waals surface area contributed by atoms with Crippen molar-refractivity contribution in [2.24, 2.45) is 0 Å². The molecule has 2 aromatic heterocycles. The van der Waals surface area contributed by atoms with Gasteiger partial charge in [0.1, 0.15) is 5.82 Å². The molecule has 5 heteroatoms. The van der Waals surface area contributed by atoms with E-state index in [0.717, 1.165) is 31.2 Å². The summed E-state index contributed by atoms with van der Waals surface area (Å²) in [4.78, 5) is 6.92. The van der Waals surface area contributed by atoms with Gasteiger partial charge in [-0.2, -0.15) is 5.10 Å². The molecule has 1 aliphatic rings. The zero-order valence-corrected chi connectivity index (χ0v) is 10.1. The van der Waals surface area contributed by atoms with E-state index in [1.807, 2.05) is 18.3 Å². The predicted octanol–water partition coefficient (Wildman–Crippen LogP) is 1.34. The quantitative estimate of drug-likeness (QED) is 0.744. The summed E-state index contributed by atoms with van der Waals surface area (Å²) >= 11 is 0. The lowest BCUT2D eigenvalue weighted by atomic mass is 10.0. The van der Waals surface area contributed by atoms with Crippen LogP contribution in [0.15, 0.2) is 24.5 Å². The first-order valence-corrected chi connectivity index (χ1v) is 5.83. The van der Waals surface area contributed by atoms with Gasteiger partial charge in [-0.1, -0.05) is 0 Å². The van der Waals surface area contributed by atoms with Crippen molar-refractivity contribution in [1.29, 1.82) is 0 Å². The van der Waals surface area contributed by atoms with E-state index < -0.39 is 0 Å². The Kier molecular flexibility index (Phi) is 2.29. The van der Waals surface area contributed by atoms with Crippen molar-refractivity contribution in [1.82, 2.24) is 14.6 Å². The number of morpholine rings is 1. The maximum Gasteiger partial charge on any atom is 0.157 e. The van der Waals surface area contributed by atoms with Crippen molar-refractivity contribution in [2.45, 2.75) is 19.4 Å². The molecule has 0 spiro atoms. The predicted molar refractivity (Wildman–Crippen MR) is 65.2 cm³/mol. The molecule has 0 unspecified atom stereocenters. The van der Waals surface area contributed by atoms with Crippen LogP contribution in [0.5, 0.6) is 0 Å². The molecule has 0 aliphatic carbocycles. The van der Waals surface area contributed by atoms with Crippen molar-refractivity contribution < 1.29 is 4.74 Å². The monoisotopic (exact) mass is 232 g/mol. The Bertz CT molecular complexity index is 534. The van der Waals surface area contributed by atoms with Gasteiger partial charge in [0.2, 0.25) is 0 Å². The van der Waals surface area contributed by atoms with Gasteiger partial charge in [0.15, 0.2) is 5.65 Å². The van der Waals surface area contributed by atoms with Gasteiger partial charge in [-0.3, -0.25) is 0 Å². The molecule has 2 aromatic rings. The van der Waals surface area contributed by atoms with Gasteiger partial charge in [-0.05, 0) is 19.9 Å². The molecule has 0 amide bonds. The van der Waals surface area contributed by atoms with E-state index >= 15 is 0 Å². The molecule has 3 rings (SSSR count). The molecule has 1 saturated heterocycles. The van der Waals surface area contributed by atoms with Gasteiger partial charge < -0.3 is 9.64 Å². The third-order valence-corrected chi connectivity index (χ3v) is 3.17. The Labute approximate surface area is 100 Å². The lowest BCUT2D eigenvalue weighted by Crippen LogP contribution is -2.53. The molecule has 17 heavy (non-hydrogen) atoms. The van der Waals surface area contributed by atoms with Crippen LogP contribution < -0.4 is 4.90 Å². The largest absolute Gasteiger partial charge is 0.377 e. The maximum absolute atomic E-state index is 5.52. The van der Waals surface area contributed by atoms with Crippen LogP contribution in [0.25, 0.3) is 5.65 Å². The molecular weight excluding hydrogens is 216 g/mol. The summed E-state index contributed by atoms with van der Waals surface area (Å²) in [5, 5.41) is 4.15. The van der Waals surface area contributed by atoms with Gasteiger partial charge in [0.25, 0.3) is 0 Å². The van der Waals surface area contributed by atoms with E-state index in [4.69, 9.17) is 4.74 Å². The number of hydrogen-bond donors (Lipinski definition) is 0. The fourth-order valence-corrected chi connectivity index (χ4v) is 2.24. The fraction of sp³-hybridized carbons (Fsp3) is 0.500. The smallest absolute Gasteiger partial charge is 0.157 e. The number of anilines is 1. The summed E-state index contributed by atoms with van der Waals surface area (Å²) in [6.07, 6.45) is 3.71. The van der Waals surface area contributed by atoms with Crippen molar-refractivity contribution in [3.8, 4) is 0 Å². The first-order chi connectivity index (χ1) is 8.17. The fourth-order valence-electron chi connectivity index (χ4n) is 2.24. The van der Waals surface area contributed by atoms with E-state index in [1.165, 1.54) is 0 Å². The second kappa shape index (κ2) is 3.70. The molecular formula is C12H16N4O. The normalized spacial score (nSPS) is 19.8. The summed E-state index contributed by atoms with van der Waals surface area (Å²) in [6.45, 7) is 6.72. The molecule has 0 radical (unpaired) electrons. The number of fused-ring (bicyclic) bond motifs is 1. The highest BCUT2D eigenvalue weighted by molar-refractivity contribution is 5.49. The van der Waals surface area contributed by atoms with E-state index in [2.05, 4.69) is 28.8 Å². The molecule has 1 fully saturated rings. The first-order valence-electron chi connectivity index (χ1n) is 5.83. The van der Waals surface area contributed by atoms with Gasteiger partial charge in [-0.15, -0.1) is 0 Å². The lowest BCUT2D eigenvalue weighted by molar-refractivity contribution is 0.0639. The standard InChI is InChI=1S/C12H16N4O/c1-12(2)9-17-8-7-15(12)10-4-6-16-11(14-10)3-5-13-16/h3-6H,7-9H2,1-2H3. The Hall–Kier alpha value is -1.62. The number of rotatable bonds is 1. The van der Waals surface area contributed by atoms with Gasteiger partial charge in [-0.25, -0.2) is 9.50 Å². The van der Waals surface area contributed by atoms with Crippen LogP contribution in [0.4, 0.5) is 5.82 Å². The van der Waals surface area contributed by atoms with Gasteiger partial charge >= 0.3 is 0 Å². The van der Waals surface area contributed by atoms with Crippen LogP contribution in [0.1, 0.15) is 13.8 Å². The molecule has 5 nitrogen and oxygen atoms in total. The summed E-state index contributed by atoms with van der Waals surface area (Å²) in [5.74, 6) is 0.992.